The number of nitrogens with one attached hydrogen (secondary N) is 4. The average molecular weight is 895 g/mol. The standard InChI is InChI=1S/C37H55F5N10O10/c38-31-32(39)34(41)36(35(42)33(31)40)62-30(56)12-18-58-20-22-60-24-25-61-23-21-59-19-17-47-37(57)26(8-1-4-13-45-27(53)9-2-5-15-48-51-43)50-29(55)11-7-14-46-28(54)10-3-6-16-49-52-44/h26H,1-25H2,(H,45,53)(H,46,54)(H,47,57)(H,50,55)/t26-/m0/s1. The van der Waals surface area contributed by atoms with Crippen LogP contribution in [0.15, 0.2) is 10.2 Å². The van der Waals surface area contributed by atoms with Crippen molar-refractivity contribution in [2.24, 2.45) is 10.2 Å². The molecule has 4 N–H and O–H groups in total. The van der Waals surface area contributed by atoms with Crippen LogP contribution < -0.4 is 26.0 Å². The third-order valence-electron chi connectivity index (χ3n) is 8.24. The van der Waals surface area contributed by atoms with Crippen LogP contribution in [-0.4, -0.2) is 121 Å². The van der Waals surface area contributed by atoms with Gasteiger partial charge in [0.15, 0.2) is 0 Å². The summed E-state index contributed by atoms with van der Waals surface area (Å²) in [5, 5.41) is 17.9. The highest BCUT2D eigenvalue weighted by molar-refractivity contribution is 5.87. The number of hydrogen-bond donors (Lipinski definition) is 4. The average Bonchev–Trinajstić information content (AvgIpc) is 3.25. The van der Waals surface area contributed by atoms with Crippen LogP contribution in [-0.2, 0) is 42.9 Å². The fourth-order valence-electron chi connectivity index (χ4n) is 5.04. The Kier molecular flexibility index (Phi) is 31.1. The molecule has 20 nitrogen and oxygen atoms in total. The summed E-state index contributed by atoms with van der Waals surface area (Å²) in [6.45, 7) is 2.20. The minimum atomic E-state index is -2.38. The van der Waals surface area contributed by atoms with Gasteiger partial charge in [-0.05, 0) is 62.4 Å². The van der Waals surface area contributed by atoms with Crippen molar-refractivity contribution in [3.8, 4) is 5.75 Å². The first-order valence-electron chi connectivity index (χ1n) is 20.1. The van der Waals surface area contributed by atoms with E-state index in [1.807, 2.05) is 0 Å². The van der Waals surface area contributed by atoms with E-state index in [0.717, 1.165) is 0 Å². The van der Waals surface area contributed by atoms with Gasteiger partial charge in [-0.25, -0.2) is 13.2 Å². The van der Waals surface area contributed by atoms with Gasteiger partial charge in [0, 0.05) is 61.8 Å². The predicted molar refractivity (Wildman–Crippen MR) is 210 cm³/mol. The summed E-state index contributed by atoms with van der Waals surface area (Å²) in [5.74, 6) is -15.5. The van der Waals surface area contributed by atoms with E-state index >= 15 is 0 Å². The number of halogens is 5. The molecule has 0 aromatic heterocycles. The zero-order chi connectivity index (χ0) is 45.8. The van der Waals surface area contributed by atoms with Crippen molar-refractivity contribution < 1.29 is 69.6 Å². The second kappa shape index (κ2) is 35.3. The third-order valence-corrected chi connectivity index (χ3v) is 8.24. The molecule has 0 aliphatic rings. The smallest absolute Gasteiger partial charge is 0.313 e. The first-order chi connectivity index (χ1) is 29.9. The number of ether oxygens (including phenoxy) is 5. The fraction of sp³-hybridized carbons (Fsp3) is 0.703. The second-order valence-corrected chi connectivity index (χ2v) is 13.1. The topological polar surface area (TPSA) is 277 Å². The van der Waals surface area contributed by atoms with E-state index in [2.05, 4.69) is 46.1 Å². The Hall–Kier alpha value is -5.32. The van der Waals surface area contributed by atoms with Crippen LogP contribution >= 0.6 is 0 Å². The molecule has 0 radical (unpaired) electrons. The van der Waals surface area contributed by atoms with Gasteiger partial charge in [0.05, 0.1) is 59.3 Å². The maximum Gasteiger partial charge on any atom is 0.313 e. The minimum Gasteiger partial charge on any atom is -0.420 e. The van der Waals surface area contributed by atoms with Crippen LogP contribution in [0.2, 0.25) is 0 Å². The molecular formula is C37H55F5N10O10. The summed E-state index contributed by atoms with van der Waals surface area (Å²) in [6, 6.07) is -0.848. The Morgan fingerprint density at radius 3 is 1.52 bits per heavy atom. The van der Waals surface area contributed by atoms with Gasteiger partial charge in [-0.15, -0.1) is 0 Å². The molecule has 0 saturated carbocycles. The van der Waals surface area contributed by atoms with Crippen molar-refractivity contribution in [3.63, 3.8) is 0 Å². The van der Waals surface area contributed by atoms with E-state index < -0.39 is 59.2 Å². The summed E-state index contributed by atoms with van der Waals surface area (Å²) in [4.78, 5) is 66.8. The lowest BCUT2D eigenvalue weighted by Crippen LogP contribution is -2.47. The van der Waals surface area contributed by atoms with Gasteiger partial charge in [-0.1, -0.05) is 10.2 Å². The quantitative estimate of drug-likeness (QED) is 0.00836. The third kappa shape index (κ3) is 26.1. The SMILES string of the molecule is [N-]=[N+]=NCCCCC(=O)NCCCC[C@H](NC(=O)CCCNC(=O)CCCCN=[N+]=[N-])C(=O)NCCOCCOCCOCCOCCC(=O)Oc1c(F)c(F)c(F)c(F)c1F. The van der Waals surface area contributed by atoms with E-state index in [4.69, 9.17) is 30.0 Å². The maximum absolute atomic E-state index is 13.6. The molecule has 0 heterocycles. The Labute approximate surface area is 354 Å². The van der Waals surface area contributed by atoms with Gasteiger partial charge in [0.2, 0.25) is 58.5 Å². The molecule has 0 aliphatic carbocycles. The number of hydrogen-bond acceptors (Lipinski definition) is 12. The van der Waals surface area contributed by atoms with Crippen molar-refractivity contribution >= 4 is 29.6 Å². The van der Waals surface area contributed by atoms with Crippen LogP contribution in [0, 0.1) is 29.1 Å². The molecule has 1 atom stereocenters. The van der Waals surface area contributed by atoms with Gasteiger partial charge in [0.25, 0.3) is 0 Å². The van der Waals surface area contributed by atoms with Crippen LogP contribution in [0.4, 0.5) is 22.0 Å². The van der Waals surface area contributed by atoms with E-state index in [1.54, 1.807) is 0 Å². The van der Waals surface area contributed by atoms with Crippen molar-refractivity contribution in [1.82, 2.24) is 21.3 Å². The molecule has 348 valence electrons. The molecule has 25 heteroatoms. The Balaban J connectivity index is 2.28. The van der Waals surface area contributed by atoms with E-state index in [-0.39, 0.29) is 96.5 Å². The summed E-state index contributed by atoms with van der Waals surface area (Å²) < 4.78 is 92.4. The number of carbonyl (C=O) groups is 5. The first kappa shape index (κ1) is 54.7. The summed E-state index contributed by atoms with van der Waals surface area (Å²) in [6.07, 6.45) is 4.17. The Bertz CT molecular complexity index is 1610. The van der Waals surface area contributed by atoms with Crippen LogP contribution in [0.3, 0.4) is 0 Å². The molecule has 1 aromatic carbocycles. The molecule has 0 saturated heterocycles. The lowest BCUT2D eigenvalue weighted by Gasteiger charge is -2.19. The van der Waals surface area contributed by atoms with Crippen LogP contribution in [0.25, 0.3) is 20.9 Å². The highest BCUT2D eigenvalue weighted by Gasteiger charge is 2.28. The highest BCUT2D eigenvalue weighted by atomic mass is 19.2. The van der Waals surface area contributed by atoms with Crippen molar-refractivity contribution in [2.45, 2.75) is 83.1 Å². The van der Waals surface area contributed by atoms with Crippen molar-refractivity contribution in [3.05, 3.63) is 50.0 Å². The predicted octanol–water partition coefficient (Wildman–Crippen LogP) is 4.49. The Morgan fingerprint density at radius 2 is 0.984 bits per heavy atom. The number of nitrogens with zero attached hydrogens (tertiary/aromatic N) is 6. The summed E-state index contributed by atoms with van der Waals surface area (Å²) in [7, 11) is 0. The van der Waals surface area contributed by atoms with Crippen molar-refractivity contribution in [2.75, 3.05) is 85.6 Å². The molecule has 0 spiro atoms. The second-order valence-electron chi connectivity index (χ2n) is 13.1. The lowest BCUT2D eigenvalue weighted by molar-refractivity contribution is -0.136. The fourth-order valence-corrected chi connectivity index (χ4v) is 5.04. The van der Waals surface area contributed by atoms with Gasteiger partial charge in [-0.3, -0.25) is 24.0 Å². The van der Waals surface area contributed by atoms with Crippen LogP contribution in [0.5, 0.6) is 5.75 Å². The first-order valence-corrected chi connectivity index (χ1v) is 20.1. The lowest BCUT2D eigenvalue weighted by atomic mass is 10.1. The normalized spacial score (nSPS) is 11.2. The largest absolute Gasteiger partial charge is 0.420 e. The molecule has 4 amide bonds. The number of esters is 1. The van der Waals surface area contributed by atoms with E-state index in [9.17, 15) is 45.9 Å². The highest BCUT2D eigenvalue weighted by Crippen LogP contribution is 2.29. The minimum absolute atomic E-state index is 0.0140. The van der Waals surface area contributed by atoms with Gasteiger partial charge >= 0.3 is 5.97 Å². The maximum atomic E-state index is 13.6. The van der Waals surface area contributed by atoms with E-state index in [1.165, 1.54) is 0 Å². The van der Waals surface area contributed by atoms with Crippen LogP contribution in [0.1, 0.15) is 77.0 Å². The van der Waals surface area contributed by atoms with E-state index in [0.29, 0.717) is 77.4 Å². The molecule has 1 rings (SSSR count). The number of rotatable bonds is 37. The monoisotopic (exact) mass is 894 g/mol. The summed E-state index contributed by atoms with van der Waals surface area (Å²) >= 11 is 0. The van der Waals surface area contributed by atoms with Gasteiger partial charge < -0.3 is 45.0 Å². The molecule has 62 heavy (non-hydrogen) atoms. The summed E-state index contributed by atoms with van der Waals surface area (Å²) in [5.41, 5.74) is 16.6. The van der Waals surface area contributed by atoms with Crippen molar-refractivity contribution in [1.29, 1.82) is 0 Å². The number of unbranched alkanes of at least 4 members (excludes halogenated alkanes) is 3. The molecule has 0 unspecified atom stereocenters. The molecule has 1 aromatic rings. The number of benzene rings is 1. The number of carbonyl (C=O) groups excluding carboxylic acids is 5. The number of amides is 4. The van der Waals surface area contributed by atoms with Gasteiger partial charge in [0.1, 0.15) is 6.04 Å². The number of azide groups is 2. The molecular weight excluding hydrogens is 839 g/mol. The Morgan fingerprint density at radius 1 is 0.516 bits per heavy atom. The molecule has 0 bridgehead atoms. The molecule has 0 fully saturated rings. The molecule has 0 aliphatic heterocycles. The zero-order valence-electron chi connectivity index (χ0n) is 34.4. The zero-order valence-corrected chi connectivity index (χ0v) is 34.4. The van der Waals surface area contributed by atoms with Gasteiger partial charge in [-0.2, -0.15) is 8.78 Å².